The van der Waals surface area contributed by atoms with Crippen molar-refractivity contribution in [1.29, 1.82) is 0 Å². The van der Waals surface area contributed by atoms with Crippen LogP contribution in [-0.4, -0.2) is 37.5 Å². The largest absolute Gasteiger partial charge is 0.504 e. The first-order valence-corrected chi connectivity index (χ1v) is 14.4. The number of hydrogen-bond acceptors (Lipinski definition) is 8. The number of phenolic OH excluding ortho intramolecular Hbond substituents is 2. The SMILES string of the molecule is COc1cc2c3cc1Oc1c(O)c(OC)cc4c1[C@@H](Cc1ccc(O)c(c1)Oc1ccc(cc1)C[C@@H]3NCC2)NCC4. The standard InChI is InChI=1S/C34H34N2O6/c1-39-29-16-21-9-11-35-25-13-19-3-6-23(7-4-19)41-28-15-20(5-8-27(28)37)14-26-32-22(10-12-36-26)17-31(40-2)33(38)34(32)42-30(29)18-24(21)25/h3-8,15-18,25-26,35-38H,9-14H2,1-2H3/t25-,26+/m0/s1. The first-order chi connectivity index (χ1) is 20.5. The zero-order valence-corrected chi connectivity index (χ0v) is 23.7. The molecule has 4 heterocycles. The van der Waals surface area contributed by atoms with Gasteiger partial charge in [0.2, 0.25) is 5.75 Å². The number of aromatic hydroxyl groups is 2. The molecule has 4 aliphatic heterocycles. The normalized spacial score (nSPS) is 19.0. The Morgan fingerprint density at radius 3 is 2.19 bits per heavy atom. The fourth-order valence-electron chi connectivity index (χ4n) is 6.44. The lowest BCUT2D eigenvalue weighted by Gasteiger charge is -2.31. The van der Waals surface area contributed by atoms with E-state index in [1.54, 1.807) is 20.3 Å². The third-order valence-electron chi connectivity index (χ3n) is 8.55. The van der Waals surface area contributed by atoms with Crippen LogP contribution in [0.3, 0.4) is 0 Å². The molecular formula is C34H34N2O6. The zero-order chi connectivity index (χ0) is 28.8. The first kappa shape index (κ1) is 26.5. The fourth-order valence-corrected chi connectivity index (χ4v) is 6.44. The molecule has 0 saturated carbocycles. The molecule has 4 aliphatic rings. The Morgan fingerprint density at radius 2 is 1.40 bits per heavy atom. The number of nitrogens with one attached hydrogen (secondary N) is 2. The summed E-state index contributed by atoms with van der Waals surface area (Å²) in [7, 11) is 3.19. The van der Waals surface area contributed by atoms with Gasteiger partial charge in [0.05, 0.1) is 14.2 Å². The monoisotopic (exact) mass is 566 g/mol. The second-order valence-electron chi connectivity index (χ2n) is 11.1. The third-order valence-corrected chi connectivity index (χ3v) is 8.55. The molecule has 2 atom stereocenters. The van der Waals surface area contributed by atoms with Crippen molar-refractivity contribution in [3.63, 3.8) is 0 Å². The lowest BCUT2D eigenvalue weighted by molar-refractivity contribution is 0.334. The van der Waals surface area contributed by atoms with Gasteiger partial charge in [-0.3, -0.25) is 0 Å². The third kappa shape index (κ3) is 4.76. The highest BCUT2D eigenvalue weighted by Crippen LogP contribution is 2.50. The Morgan fingerprint density at radius 1 is 0.714 bits per heavy atom. The van der Waals surface area contributed by atoms with Crippen LogP contribution >= 0.6 is 0 Å². The molecule has 0 aliphatic carbocycles. The Kier molecular flexibility index (Phi) is 6.80. The molecule has 0 amide bonds. The highest BCUT2D eigenvalue weighted by molar-refractivity contribution is 5.63. The molecule has 0 radical (unpaired) electrons. The maximum Gasteiger partial charge on any atom is 0.201 e. The zero-order valence-electron chi connectivity index (χ0n) is 23.7. The smallest absolute Gasteiger partial charge is 0.201 e. The van der Waals surface area contributed by atoms with E-state index in [9.17, 15) is 10.2 Å². The van der Waals surface area contributed by atoms with Crippen molar-refractivity contribution < 1.29 is 29.2 Å². The van der Waals surface area contributed by atoms with E-state index in [4.69, 9.17) is 18.9 Å². The molecule has 0 saturated heterocycles. The van der Waals surface area contributed by atoms with Crippen LogP contribution in [0.2, 0.25) is 0 Å². The van der Waals surface area contributed by atoms with Crippen molar-refractivity contribution in [3.05, 3.63) is 94.0 Å². The average molecular weight is 567 g/mol. The molecule has 4 aromatic carbocycles. The number of methoxy groups -OCH3 is 2. The van der Waals surface area contributed by atoms with Crippen molar-refractivity contribution in [2.75, 3.05) is 27.3 Å². The summed E-state index contributed by atoms with van der Waals surface area (Å²) in [6.45, 7) is 1.61. The molecule has 216 valence electrons. The van der Waals surface area contributed by atoms with Gasteiger partial charge in [0, 0.05) is 17.6 Å². The number of rotatable bonds is 2. The number of hydrogen-bond donors (Lipinski definition) is 4. The molecular weight excluding hydrogens is 532 g/mol. The topological polar surface area (TPSA) is 101 Å². The first-order valence-electron chi connectivity index (χ1n) is 14.4. The van der Waals surface area contributed by atoms with E-state index in [1.165, 1.54) is 5.56 Å². The minimum atomic E-state index is -0.172. The van der Waals surface area contributed by atoms with Crippen LogP contribution in [0.15, 0.2) is 60.7 Å². The van der Waals surface area contributed by atoms with Crippen molar-refractivity contribution in [2.24, 2.45) is 0 Å². The summed E-state index contributed by atoms with van der Waals surface area (Å²) in [5, 5.41) is 29.3. The van der Waals surface area contributed by atoms with Gasteiger partial charge in [-0.1, -0.05) is 18.2 Å². The van der Waals surface area contributed by atoms with Crippen LogP contribution in [0.4, 0.5) is 0 Å². The van der Waals surface area contributed by atoms with Gasteiger partial charge < -0.3 is 39.8 Å². The van der Waals surface area contributed by atoms with E-state index < -0.39 is 0 Å². The Labute approximate surface area is 244 Å². The summed E-state index contributed by atoms with van der Waals surface area (Å²) in [5.41, 5.74) is 6.39. The van der Waals surface area contributed by atoms with E-state index >= 15 is 0 Å². The minimum Gasteiger partial charge on any atom is -0.504 e. The van der Waals surface area contributed by atoms with Crippen LogP contribution in [0, 0.1) is 0 Å². The van der Waals surface area contributed by atoms with E-state index in [0.717, 1.165) is 60.2 Å². The van der Waals surface area contributed by atoms with Gasteiger partial charge in [-0.2, -0.15) is 0 Å². The molecule has 8 heteroatoms. The summed E-state index contributed by atoms with van der Waals surface area (Å²) in [4.78, 5) is 0. The molecule has 8 rings (SSSR count). The Balaban J connectivity index is 1.43. The molecule has 0 spiro atoms. The van der Waals surface area contributed by atoms with Crippen LogP contribution in [0.5, 0.6) is 46.0 Å². The molecule has 0 unspecified atom stereocenters. The van der Waals surface area contributed by atoms with Gasteiger partial charge in [-0.05, 0) is 109 Å². The van der Waals surface area contributed by atoms with E-state index in [-0.39, 0.29) is 23.6 Å². The van der Waals surface area contributed by atoms with Crippen LogP contribution in [0.25, 0.3) is 0 Å². The number of fused-ring (bicyclic) bond motifs is 2. The second-order valence-corrected chi connectivity index (χ2v) is 11.1. The maximum absolute atomic E-state index is 11.5. The summed E-state index contributed by atoms with van der Waals surface area (Å²) >= 11 is 0. The molecule has 42 heavy (non-hydrogen) atoms. The highest BCUT2D eigenvalue weighted by Gasteiger charge is 2.31. The minimum absolute atomic E-state index is 0.0527. The van der Waals surface area contributed by atoms with Gasteiger partial charge in [0.1, 0.15) is 5.75 Å². The van der Waals surface area contributed by atoms with E-state index in [1.807, 2.05) is 30.3 Å². The van der Waals surface area contributed by atoms with Gasteiger partial charge in [-0.15, -0.1) is 0 Å². The predicted molar refractivity (Wildman–Crippen MR) is 159 cm³/mol. The lowest BCUT2D eigenvalue weighted by Crippen LogP contribution is -2.32. The Hall–Kier alpha value is -4.40. The average Bonchev–Trinajstić information content (AvgIpc) is 3.00. The predicted octanol–water partition coefficient (Wildman–Crippen LogP) is 5.87. The maximum atomic E-state index is 11.5. The van der Waals surface area contributed by atoms with Crippen LogP contribution in [-0.2, 0) is 25.7 Å². The van der Waals surface area contributed by atoms with Crippen LogP contribution < -0.4 is 29.6 Å². The quantitative estimate of drug-likeness (QED) is 0.239. The number of ether oxygens (including phenoxy) is 4. The molecule has 4 N–H and O–H groups in total. The molecule has 6 bridgehead atoms. The van der Waals surface area contributed by atoms with Crippen LogP contribution in [0.1, 0.15) is 45.5 Å². The van der Waals surface area contributed by atoms with Gasteiger partial charge in [0.25, 0.3) is 0 Å². The van der Waals surface area contributed by atoms with Gasteiger partial charge >= 0.3 is 0 Å². The second kappa shape index (κ2) is 10.8. The fraction of sp³-hybridized carbons (Fsp3) is 0.294. The molecule has 0 aromatic heterocycles. The van der Waals surface area contributed by atoms with E-state index in [0.29, 0.717) is 40.9 Å². The van der Waals surface area contributed by atoms with Gasteiger partial charge in [-0.25, -0.2) is 0 Å². The van der Waals surface area contributed by atoms with Gasteiger partial charge in [0.15, 0.2) is 34.5 Å². The lowest BCUT2D eigenvalue weighted by atomic mass is 9.88. The van der Waals surface area contributed by atoms with Crippen molar-refractivity contribution in [1.82, 2.24) is 10.6 Å². The highest BCUT2D eigenvalue weighted by atomic mass is 16.5. The van der Waals surface area contributed by atoms with Crippen molar-refractivity contribution in [3.8, 4) is 46.0 Å². The van der Waals surface area contributed by atoms with Crippen molar-refractivity contribution >= 4 is 0 Å². The summed E-state index contributed by atoms with van der Waals surface area (Å²) in [5.74, 6) is 2.95. The number of benzene rings is 4. The molecule has 0 fully saturated rings. The number of phenols is 2. The summed E-state index contributed by atoms with van der Waals surface area (Å²) in [6.07, 6.45) is 2.98. The Bertz CT molecular complexity index is 1650. The summed E-state index contributed by atoms with van der Waals surface area (Å²) in [6, 6.07) is 19.3. The molecule has 8 nitrogen and oxygen atoms in total. The van der Waals surface area contributed by atoms with Crippen molar-refractivity contribution in [2.45, 2.75) is 37.8 Å². The molecule has 4 aromatic rings. The van der Waals surface area contributed by atoms with E-state index in [2.05, 4.69) is 34.9 Å². The summed E-state index contributed by atoms with van der Waals surface area (Å²) < 4.78 is 24.2.